The second-order valence-electron chi connectivity index (χ2n) is 6.49. The van der Waals surface area contributed by atoms with Gasteiger partial charge < -0.3 is 19.1 Å². The maximum Gasteiger partial charge on any atom is 0.320 e. The van der Waals surface area contributed by atoms with E-state index in [1.807, 2.05) is 31.5 Å². The Labute approximate surface area is 165 Å². The zero-order chi connectivity index (χ0) is 19.8. The number of nitrogens with zero attached hydrogens (tertiary/aromatic N) is 5. The number of ether oxygens (including phenoxy) is 3. The van der Waals surface area contributed by atoms with Gasteiger partial charge in [0.2, 0.25) is 0 Å². The SMILES string of the molecule is COCCOc1nc(N2CCOCC2)cc(N(C)/N=C/c2cccc(C)c2)n1. The van der Waals surface area contributed by atoms with Crippen LogP contribution >= 0.6 is 0 Å². The van der Waals surface area contributed by atoms with Crippen LogP contribution in [0.2, 0.25) is 0 Å². The fourth-order valence-electron chi connectivity index (χ4n) is 2.76. The predicted octanol–water partition coefficient (Wildman–Crippen LogP) is 2.12. The molecule has 2 heterocycles. The van der Waals surface area contributed by atoms with Crippen molar-refractivity contribution in [2.24, 2.45) is 5.10 Å². The van der Waals surface area contributed by atoms with E-state index in [0.717, 1.165) is 24.5 Å². The molecule has 28 heavy (non-hydrogen) atoms. The van der Waals surface area contributed by atoms with Crippen LogP contribution in [0.25, 0.3) is 0 Å². The van der Waals surface area contributed by atoms with Gasteiger partial charge in [-0.05, 0) is 12.5 Å². The molecule has 0 bridgehead atoms. The molecule has 0 aliphatic carbocycles. The lowest BCUT2D eigenvalue weighted by molar-refractivity contribution is 0.122. The summed E-state index contributed by atoms with van der Waals surface area (Å²) in [5.41, 5.74) is 2.22. The Hall–Kier alpha value is -2.71. The number of aromatic nitrogens is 2. The monoisotopic (exact) mass is 385 g/mol. The number of rotatable bonds is 8. The van der Waals surface area contributed by atoms with Gasteiger partial charge >= 0.3 is 6.01 Å². The highest BCUT2D eigenvalue weighted by Gasteiger charge is 2.17. The molecule has 0 amide bonds. The van der Waals surface area contributed by atoms with Crippen molar-refractivity contribution in [1.29, 1.82) is 0 Å². The first-order valence-corrected chi connectivity index (χ1v) is 9.33. The van der Waals surface area contributed by atoms with Crippen LogP contribution in [-0.4, -0.2) is 69.9 Å². The first-order valence-electron chi connectivity index (χ1n) is 9.33. The second kappa shape index (κ2) is 10.0. The van der Waals surface area contributed by atoms with E-state index in [0.29, 0.717) is 38.3 Å². The molecule has 0 atom stereocenters. The first kappa shape index (κ1) is 20.0. The van der Waals surface area contributed by atoms with E-state index in [-0.39, 0.29) is 0 Å². The summed E-state index contributed by atoms with van der Waals surface area (Å²) in [6.07, 6.45) is 1.81. The lowest BCUT2D eigenvalue weighted by atomic mass is 10.2. The van der Waals surface area contributed by atoms with E-state index in [9.17, 15) is 0 Å². The van der Waals surface area contributed by atoms with Crippen molar-refractivity contribution in [3.05, 3.63) is 41.5 Å². The number of aryl methyl sites for hydroxylation is 1. The van der Waals surface area contributed by atoms with Crippen molar-refractivity contribution in [2.45, 2.75) is 6.92 Å². The third-order valence-electron chi connectivity index (χ3n) is 4.29. The second-order valence-corrected chi connectivity index (χ2v) is 6.49. The summed E-state index contributed by atoms with van der Waals surface area (Å²) < 4.78 is 16.1. The quantitative estimate of drug-likeness (QED) is 0.391. The van der Waals surface area contributed by atoms with Crippen molar-refractivity contribution in [3.8, 4) is 6.01 Å². The Morgan fingerprint density at radius 1 is 1.21 bits per heavy atom. The molecule has 0 spiro atoms. The molecular formula is C20H27N5O3. The predicted molar refractivity (Wildman–Crippen MR) is 110 cm³/mol. The highest BCUT2D eigenvalue weighted by atomic mass is 16.5. The summed E-state index contributed by atoms with van der Waals surface area (Å²) in [6, 6.07) is 10.4. The van der Waals surface area contributed by atoms with Gasteiger partial charge in [-0.2, -0.15) is 15.1 Å². The van der Waals surface area contributed by atoms with Gasteiger partial charge in [0.1, 0.15) is 12.4 Å². The van der Waals surface area contributed by atoms with Gasteiger partial charge in [0, 0.05) is 33.3 Å². The average molecular weight is 385 g/mol. The fraction of sp³-hybridized carbons (Fsp3) is 0.450. The van der Waals surface area contributed by atoms with Gasteiger partial charge in [-0.3, -0.25) is 5.01 Å². The molecule has 1 aliphatic heterocycles. The third-order valence-corrected chi connectivity index (χ3v) is 4.29. The molecule has 150 valence electrons. The minimum Gasteiger partial charge on any atom is -0.461 e. The number of morpholine rings is 1. The summed E-state index contributed by atoms with van der Waals surface area (Å²) in [5.74, 6) is 1.46. The Kier molecular flexibility index (Phi) is 7.16. The minimum absolute atomic E-state index is 0.314. The molecule has 3 rings (SSSR count). The molecule has 1 fully saturated rings. The Morgan fingerprint density at radius 3 is 2.79 bits per heavy atom. The van der Waals surface area contributed by atoms with Gasteiger partial charge in [-0.1, -0.05) is 29.8 Å². The van der Waals surface area contributed by atoms with Gasteiger partial charge in [0.05, 0.1) is 26.0 Å². The third kappa shape index (κ3) is 5.64. The number of benzene rings is 1. The molecule has 0 saturated carbocycles. The number of hydrogen-bond acceptors (Lipinski definition) is 8. The van der Waals surface area contributed by atoms with Crippen LogP contribution in [0, 0.1) is 6.92 Å². The largest absolute Gasteiger partial charge is 0.461 e. The molecule has 1 aromatic heterocycles. The topological polar surface area (TPSA) is 72.3 Å². The van der Waals surface area contributed by atoms with Crippen LogP contribution in [0.1, 0.15) is 11.1 Å². The molecule has 8 heteroatoms. The Balaban J connectivity index is 1.81. The lowest BCUT2D eigenvalue weighted by Crippen LogP contribution is -2.37. The highest BCUT2D eigenvalue weighted by Crippen LogP contribution is 2.22. The average Bonchev–Trinajstić information content (AvgIpc) is 2.73. The Bertz CT molecular complexity index is 793. The van der Waals surface area contributed by atoms with E-state index in [1.165, 1.54) is 5.56 Å². The van der Waals surface area contributed by atoms with Gasteiger partial charge in [-0.15, -0.1) is 0 Å². The lowest BCUT2D eigenvalue weighted by Gasteiger charge is -2.28. The summed E-state index contributed by atoms with van der Waals surface area (Å²) >= 11 is 0. The van der Waals surface area contributed by atoms with E-state index < -0.39 is 0 Å². The van der Waals surface area contributed by atoms with Crippen molar-refractivity contribution < 1.29 is 14.2 Å². The van der Waals surface area contributed by atoms with E-state index in [1.54, 1.807) is 12.1 Å². The van der Waals surface area contributed by atoms with E-state index >= 15 is 0 Å². The van der Waals surface area contributed by atoms with Gasteiger partial charge in [0.15, 0.2) is 5.82 Å². The zero-order valence-corrected chi connectivity index (χ0v) is 16.7. The number of hydrazone groups is 1. The van der Waals surface area contributed by atoms with Crippen molar-refractivity contribution in [2.75, 3.05) is 63.6 Å². The van der Waals surface area contributed by atoms with Crippen molar-refractivity contribution in [1.82, 2.24) is 9.97 Å². The zero-order valence-electron chi connectivity index (χ0n) is 16.7. The maximum absolute atomic E-state index is 5.66. The fourth-order valence-corrected chi connectivity index (χ4v) is 2.76. The molecule has 1 saturated heterocycles. The van der Waals surface area contributed by atoms with Crippen molar-refractivity contribution >= 4 is 17.9 Å². The standard InChI is InChI=1S/C20H27N5O3/c1-16-5-4-6-17(13-16)15-21-24(2)18-14-19(25-7-9-27-10-8-25)23-20(22-18)28-12-11-26-3/h4-6,13-15H,7-12H2,1-3H3/b21-15+. The molecule has 2 aromatic rings. The molecule has 8 nitrogen and oxygen atoms in total. The number of hydrogen-bond donors (Lipinski definition) is 0. The van der Waals surface area contributed by atoms with Crippen LogP contribution in [0.3, 0.4) is 0 Å². The number of methoxy groups -OCH3 is 1. The first-order chi connectivity index (χ1) is 13.7. The highest BCUT2D eigenvalue weighted by molar-refractivity contribution is 5.80. The number of anilines is 2. The molecular weight excluding hydrogens is 358 g/mol. The van der Waals surface area contributed by atoms with Crippen LogP contribution in [0.4, 0.5) is 11.6 Å². The summed E-state index contributed by atoms with van der Waals surface area (Å²) in [6.45, 7) is 5.85. The summed E-state index contributed by atoms with van der Waals surface area (Å²) in [5, 5.41) is 6.24. The Morgan fingerprint density at radius 2 is 2.04 bits per heavy atom. The molecule has 0 unspecified atom stereocenters. The normalized spacial score (nSPS) is 14.5. The summed E-state index contributed by atoms with van der Waals surface area (Å²) in [7, 11) is 3.49. The minimum atomic E-state index is 0.314. The van der Waals surface area contributed by atoms with Crippen LogP contribution in [0.15, 0.2) is 35.4 Å². The molecule has 1 aliphatic rings. The summed E-state index contributed by atoms with van der Waals surface area (Å²) in [4.78, 5) is 11.2. The van der Waals surface area contributed by atoms with Gasteiger partial charge in [0.25, 0.3) is 0 Å². The van der Waals surface area contributed by atoms with Crippen LogP contribution in [0.5, 0.6) is 6.01 Å². The van der Waals surface area contributed by atoms with Gasteiger partial charge in [-0.25, -0.2) is 0 Å². The maximum atomic E-state index is 5.66. The van der Waals surface area contributed by atoms with E-state index in [4.69, 9.17) is 14.2 Å². The van der Waals surface area contributed by atoms with E-state index in [2.05, 4.69) is 39.0 Å². The molecule has 1 aromatic carbocycles. The molecule has 0 N–H and O–H groups in total. The van der Waals surface area contributed by atoms with Crippen LogP contribution < -0.4 is 14.6 Å². The van der Waals surface area contributed by atoms with Crippen LogP contribution in [-0.2, 0) is 9.47 Å². The molecule has 0 radical (unpaired) electrons. The smallest absolute Gasteiger partial charge is 0.320 e. The van der Waals surface area contributed by atoms with Crippen molar-refractivity contribution in [3.63, 3.8) is 0 Å².